The molecule has 0 atom stereocenters. The van der Waals surface area contributed by atoms with Gasteiger partial charge in [-0.1, -0.05) is 15.9 Å². The molecule has 2 rings (SSSR count). The second-order valence-corrected chi connectivity index (χ2v) is 5.62. The molecule has 1 amide bonds. The summed E-state index contributed by atoms with van der Waals surface area (Å²) in [5.41, 5.74) is 3.46. The second kappa shape index (κ2) is 6.23. The Labute approximate surface area is 131 Å². The van der Waals surface area contributed by atoms with E-state index in [2.05, 4.69) is 42.4 Å². The number of furan rings is 1. The minimum absolute atomic E-state index is 0.0895. The number of nitrogens with zero attached hydrogens (tertiary/aromatic N) is 1. The summed E-state index contributed by atoms with van der Waals surface area (Å²) in [6, 6.07) is 4.78. The van der Waals surface area contributed by atoms with Crippen LogP contribution in [0.15, 0.2) is 42.9 Å². The van der Waals surface area contributed by atoms with E-state index in [1.807, 2.05) is 0 Å². The quantitative estimate of drug-likeness (QED) is 0.609. The van der Waals surface area contributed by atoms with Gasteiger partial charge in [-0.25, -0.2) is 5.43 Å². The molecule has 0 bridgehead atoms. The van der Waals surface area contributed by atoms with Crippen molar-refractivity contribution in [3.05, 3.63) is 50.3 Å². The number of nitrogens with one attached hydrogen (secondary N) is 1. The van der Waals surface area contributed by atoms with E-state index in [4.69, 9.17) is 4.42 Å². The summed E-state index contributed by atoms with van der Waals surface area (Å²) in [6.07, 6.45) is 2.88. The van der Waals surface area contributed by atoms with Crippen molar-refractivity contribution in [1.29, 1.82) is 0 Å². The molecule has 0 aliphatic carbocycles. The molecular formula is C13H10Br2N2O3. The van der Waals surface area contributed by atoms with E-state index in [9.17, 15) is 9.90 Å². The summed E-state index contributed by atoms with van der Waals surface area (Å²) in [4.78, 5) is 11.8. The number of carbonyl (C=O) groups is 1. The Bertz CT molecular complexity index is 680. The molecule has 1 heterocycles. The summed E-state index contributed by atoms with van der Waals surface area (Å²) in [7, 11) is 0. The molecule has 0 fully saturated rings. The minimum Gasteiger partial charge on any atom is -0.507 e. The van der Waals surface area contributed by atoms with Crippen LogP contribution in [0.25, 0.3) is 0 Å². The van der Waals surface area contributed by atoms with Gasteiger partial charge < -0.3 is 9.52 Å². The number of amides is 1. The van der Waals surface area contributed by atoms with Crippen molar-refractivity contribution in [2.24, 2.45) is 5.10 Å². The molecule has 0 aliphatic rings. The van der Waals surface area contributed by atoms with Gasteiger partial charge in [-0.3, -0.25) is 4.79 Å². The molecule has 20 heavy (non-hydrogen) atoms. The third-order valence-electron chi connectivity index (χ3n) is 2.54. The zero-order chi connectivity index (χ0) is 14.7. The van der Waals surface area contributed by atoms with Crippen LogP contribution in [0, 0.1) is 6.92 Å². The van der Waals surface area contributed by atoms with Crippen LogP contribution in [0.3, 0.4) is 0 Å². The number of hydrogen-bond donors (Lipinski definition) is 2. The third-order valence-corrected chi connectivity index (χ3v) is 3.86. The second-order valence-electron chi connectivity index (χ2n) is 3.91. The Hall–Kier alpha value is -1.60. The van der Waals surface area contributed by atoms with Crippen molar-refractivity contribution in [3.63, 3.8) is 0 Å². The van der Waals surface area contributed by atoms with Gasteiger partial charge in [0.25, 0.3) is 5.91 Å². The summed E-state index contributed by atoms with van der Waals surface area (Å²) < 4.78 is 6.34. The predicted octanol–water partition coefficient (Wildman–Crippen LogP) is 3.58. The lowest BCUT2D eigenvalue weighted by Gasteiger charge is -2.02. The predicted molar refractivity (Wildman–Crippen MR) is 82.0 cm³/mol. The Morgan fingerprint density at radius 3 is 2.80 bits per heavy atom. The minimum atomic E-state index is -0.357. The molecule has 7 heteroatoms. The highest BCUT2D eigenvalue weighted by molar-refractivity contribution is 9.11. The first-order valence-electron chi connectivity index (χ1n) is 5.54. The van der Waals surface area contributed by atoms with Gasteiger partial charge in [0.15, 0.2) is 0 Å². The van der Waals surface area contributed by atoms with E-state index in [1.165, 1.54) is 18.5 Å². The average Bonchev–Trinajstić information content (AvgIpc) is 2.81. The molecule has 0 unspecified atom stereocenters. The summed E-state index contributed by atoms with van der Waals surface area (Å²) in [6.45, 7) is 1.70. The van der Waals surface area contributed by atoms with Gasteiger partial charge >= 0.3 is 0 Å². The average molecular weight is 402 g/mol. The normalized spacial score (nSPS) is 10.9. The monoisotopic (exact) mass is 400 g/mol. The lowest BCUT2D eigenvalue weighted by atomic mass is 10.2. The summed E-state index contributed by atoms with van der Waals surface area (Å²) in [5, 5.41) is 13.4. The van der Waals surface area contributed by atoms with Crippen molar-refractivity contribution in [3.8, 4) is 5.75 Å². The molecule has 104 valence electrons. The third kappa shape index (κ3) is 3.29. The Morgan fingerprint density at radius 2 is 2.15 bits per heavy atom. The maximum absolute atomic E-state index is 11.8. The maximum atomic E-state index is 11.8. The topological polar surface area (TPSA) is 74.8 Å². The van der Waals surface area contributed by atoms with E-state index < -0.39 is 0 Å². The Balaban J connectivity index is 2.09. The van der Waals surface area contributed by atoms with Crippen LogP contribution >= 0.6 is 31.9 Å². The first kappa shape index (κ1) is 14.8. The number of phenols is 1. The largest absolute Gasteiger partial charge is 0.507 e. The molecule has 1 aromatic heterocycles. The van der Waals surface area contributed by atoms with E-state index >= 15 is 0 Å². The zero-order valence-corrected chi connectivity index (χ0v) is 13.5. The van der Waals surface area contributed by atoms with E-state index in [1.54, 1.807) is 19.1 Å². The Kier molecular flexibility index (Phi) is 4.61. The van der Waals surface area contributed by atoms with Gasteiger partial charge in [-0.2, -0.15) is 5.10 Å². The molecule has 5 nitrogen and oxygen atoms in total. The highest BCUT2D eigenvalue weighted by Gasteiger charge is 2.10. The number of halogens is 2. The standard InChI is InChI=1S/C13H10Br2N2O3/c1-7-9(2-3-20-7)13(19)17-16-6-8-4-12(18)11(15)5-10(8)14/h2-6,18H,1H3,(H,17,19)/b16-6+. The molecule has 0 radical (unpaired) electrons. The van der Waals surface area contributed by atoms with Crippen molar-refractivity contribution in [2.75, 3.05) is 0 Å². The first-order valence-corrected chi connectivity index (χ1v) is 7.13. The lowest BCUT2D eigenvalue weighted by molar-refractivity contribution is 0.0953. The van der Waals surface area contributed by atoms with Crippen LogP contribution in [0.1, 0.15) is 21.7 Å². The fraction of sp³-hybridized carbons (Fsp3) is 0.0769. The SMILES string of the molecule is Cc1occc1C(=O)N/N=C/c1cc(O)c(Br)cc1Br. The van der Waals surface area contributed by atoms with Crippen LogP contribution < -0.4 is 5.43 Å². The number of hydrogen-bond acceptors (Lipinski definition) is 4. The van der Waals surface area contributed by atoms with E-state index in [0.717, 1.165) is 4.47 Å². The molecule has 0 saturated heterocycles. The van der Waals surface area contributed by atoms with Gasteiger partial charge in [-0.15, -0.1) is 0 Å². The van der Waals surface area contributed by atoms with Gasteiger partial charge in [0.05, 0.1) is 22.5 Å². The number of carbonyl (C=O) groups excluding carboxylic acids is 1. The Morgan fingerprint density at radius 1 is 1.40 bits per heavy atom. The van der Waals surface area contributed by atoms with Crippen LogP contribution in [0.2, 0.25) is 0 Å². The first-order chi connectivity index (χ1) is 9.49. The fourth-order valence-electron chi connectivity index (χ4n) is 1.49. The van der Waals surface area contributed by atoms with Crippen molar-refractivity contribution < 1.29 is 14.3 Å². The molecule has 2 N–H and O–H groups in total. The number of benzene rings is 1. The van der Waals surface area contributed by atoms with E-state index in [-0.39, 0.29) is 11.7 Å². The van der Waals surface area contributed by atoms with E-state index in [0.29, 0.717) is 21.4 Å². The molecule has 2 aromatic rings. The zero-order valence-electron chi connectivity index (χ0n) is 10.4. The summed E-state index contributed by atoms with van der Waals surface area (Å²) in [5.74, 6) is 0.261. The highest BCUT2D eigenvalue weighted by atomic mass is 79.9. The number of aromatic hydroxyl groups is 1. The number of rotatable bonds is 3. The van der Waals surface area contributed by atoms with Gasteiger partial charge in [0.2, 0.25) is 0 Å². The maximum Gasteiger partial charge on any atom is 0.274 e. The highest BCUT2D eigenvalue weighted by Crippen LogP contribution is 2.29. The smallest absolute Gasteiger partial charge is 0.274 e. The molecule has 0 saturated carbocycles. The van der Waals surface area contributed by atoms with Crippen molar-refractivity contribution >= 4 is 44.0 Å². The number of aryl methyl sites for hydroxylation is 1. The lowest BCUT2D eigenvalue weighted by Crippen LogP contribution is -2.17. The number of phenolic OH excluding ortho intramolecular Hbond substituents is 1. The fourth-order valence-corrected chi connectivity index (χ4v) is 2.59. The van der Waals surface area contributed by atoms with Crippen molar-refractivity contribution in [2.45, 2.75) is 6.92 Å². The molecule has 0 spiro atoms. The summed E-state index contributed by atoms with van der Waals surface area (Å²) >= 11 is 6.54. The molecule has 1 aromatic carbocycles. The van der Waals surface area contributed by atoms with Gasteiger partial charge in [0.1, 0.15) is 11.5 Å². The van der Waals surface area contributed by atoms with Gasteiger partial charge in [-0.05, 0) is 41.1 Å². The van der Waals surface area contributed by atoms with Crippen LogP contribution in [0.4, 0.5) is 0 Å². The van der Waals surface area contributed by atoms with Crippen LogP contribution in [0.5, 0.6) is 5.75 Å². The van der Waals surface area contributed by atoms with Gasteiger partial charge in [0, 0.05) is 10.0 Å². The number of hydrazone groups is 1. The van der Waals surface area contributed by atoms with Crippen LogP contribution in [-0.4, -0.2) is 17.2 Å². The molecular weight excluding hydrogens is 392 g/mol. The van der Waals surface area contributed by atoms with Crippen LogP contribution in [-0.2, 0) is 0 Å². The van der Waals surface area contributed by atoms with Crippen molar-refractivity contribution in [1.82, 2.24) is 5.43 Å². The molecule has 0 aliphatic heterocycles.